The van der Waals surface area contributed by atoms with Gasteiger partial charge in [-0.1, -0.05) is 0 Å². The summed E-state index contributed by atoms with van der Waals surface area (Å²) >= 11 is 0. The monoisotopic (exact) mass is 300 g/mol. The van der Waals surface area contributed by atoms with Gasteiger partial charge >= 0.3 is 5.97 Å². The number of hydrogen-bond donors (Lipinski definition) is 1. The minimum Gasteiger partial charge on any atom is -0.481 e. The van der Waals surface area contributed by atoms with Crippen LogP contribution in [0, 0.1) is 11.8 Å². The van der Waals surface area contributed by atoms with Gasteiger partial charge in [0.15, 0.2) is 0 Å². The van der Waals surface area contributed by atoms with Crippen LogP contribution >= 0.6 is 0 Å². The highest BCUT2D eigenvalue weighted by Gasteiger charge is 2.35. The number of carbonyl (C=O) groups excluding carboxylic acids is 1. The van der Waals surface area contributed by atoms with Crippen LogP contribution < -0.4 is 0 Å². The van der Waals surface area contributed by atoms with E-state index < -0.39 is 5.97 Å². The molecule has 0 bridgehead atoms. The van der Waals surface area contributed by atoms with E-state index in [1.807, 2.05) is 19.0 Å². The summed E-state index contributed by atoms with van der Waals surface area (Å²) < 4.78 is 5.07. The molecule has 0 aromatic heterocycles. The molecule has 0 aromatic carbocycles. The first-order chi connectivity index (χ1) is 9.95. The summed E-state index contributed by atoms with van der Waals surface area (Å²) in [5.74, 6) is -1.18. The van der Waals surface area contributed by atoms with Crippen LogP contribution in [0.15, 0.2) is 0 Å². The Morgan fingerprint density at radius 2 is 1.81 bits per heavy atom. The number of aliphatic carboxylic acids is 1. The highest BCUT2D eigenvalue weighted by Crippen LogP contribution is 2.32. The van der Waals surface area contributed by atoms with Gasteiger partial charge in [0.05, 0.1) is 12.5 Å². The van der Waals surface area contributed by atoms with E-state index in [9.17, 15) is 9.59 Å². The standard InChI is InChI=1S/C15H28N2O4/c1-16(2)7-4-8-17(9-10-21-3)14(18)12-5-6-13(11-12)15(19)20/h12-13H,4-11H2,1-3H3,(H,19,20). The van der Waals surface area contributed by atoms with Crippen molar-refractivity contribution in [1.29, 1.82) is 0 Å². The lowest BCUT2D eigenvalue weighted by molar-refractivity contribution is -0.141. The maximum Gasteiger partial charge on any atom is 0.306 e. The number of rotatable bonds is 9. The van der Waals surface area contributed by atoms with Gasteiger partial charge in [-0.2, -0.15) is 0 Å². The zero-order valence-electron chi connectivity index (χ0n) is 13.4. The third-order valence-electron chi connectivity index (χ3n) is 4.04. The van der Waals surface area contributed by atoms with Crippen molar-refractivity contribution in [1.82, 2.24) is 9.80 Å². The SMILES string of the molecule is COCCN(CCCN(C)C)C(=O)C1CCC(C(=O)O)C1. The lowest BCUT2D eigenvalue weighted by Crippen LogP contribution is -2.39. The third kappa shape index (κ3) is 6.01. The number of carboxylic acids is 1. The molecule has 0 heterocycles. The van der Waals surface area contributed by atoms with Gasteiger partial charge in [-0.05, 0) is 46.3 Å². The molecule has 0 spiro atoms. The summed E-state index contributed by atoms with van der Waals surface area (Å²) in [4.78, 5) is 27.5. The normalized spacial score (nSPS) is 21.7. The van der Waals surface area contributed by atoms with Gasteiger partial charge in [-0.25, -0.2) is 0 Å². The largest absolute Gasteiger partial charge is 0.481 e. The van der Waals surface area contributed by atoms with Gasteiger partial charge in [-0.3, -0.25) is 9.59 Å². The van der Waals surface area contributed by atoms with Gasteiger partial charge in [0, 0.05) is 26.1 Å². The van der Waals surface area contributed by atoms with Crippen molar-refractivity contribution in [3.63, 3.8) is 0 Å². The topological polar surface area (TPSA) is 70.1 Å². The maximum absolute atomic E-state index is 12.6. The van der Waals surface area contributed by atoms with Crippen LogP contribution in [-0.4, -0.2) is 74.2 Å². The lowest BCUT2D eigenvalue weighted by atomic mass is 10.0. The Bertz CT molecular complexity index is 347. The van der Waals surface area contributed by atoms with E-state index in [2.05, 4.69) is 4.90 Å². The number of nitrogens with zero attached hydrogens (tertiary/aromatic N) is 2. The number of hydrogen-bond acceptors (Lipinski definition) is 4. The van der Waals surface area contributed by atoms with Crippen LogP contribution in [0.5, 0.6) is 0 Å². The van der Waals surface area contributed by atoms with E-state index in [1.165, 1.54) is 0 Å². The fourth-order valence-corrected chi connectivity index (χ4v) is 2.80. The molecule has 2 unspecified atom stereocenters. The van der Waals surface area contributed by atoms with E-state index in [1.54, 1.807) is 7.11 Å². The molecule has 1 saturated carbocycles. The zero-order valence-corrected chi connectivity index (χ0v) is 13.4. The Morgan fingerprint density at radius 1 is 1.14 bits per heavy atom. The molecule has 6 heteroatoms. The Kier molecular flexibility index (Phi) is 7.67. The predicted molar refractivity (Wildman–Crippen MR) is 80.1 cm³/mol. The summed E-state index contributed by atoms with van der Waals surface area (Å²) in [6.45, 7) is 2.73. The van der Waals surface area contributed by atoms with Gasteiger partial charge in [0.25, 0.3) is 0 Å². The van der Waals surface area contributed by atoms with E-state index in [-0.39, 0.29) is 17.7 Å². The van der Waals surface area contributed by atoms with Gasteiger partial charge in [-0.15, -0.1) is 0 Å². The van der Waals surface area contributed by atoms with E-state index >= 15 is 0 Å². The van der Waals surface area contributed by atoms with Crippen molar-refractivity contribution in [3.8, 4) is 0 Å². The molecule has 0 aromatic rings. The molecule has 122 valence electrons. The molecule has 21 heavy (non-hydrogen) atoms. The number of methoxy groups -OCH3 is 1. The number of carboxylic acid groups (broad SMARTS) is 1. The van der Waals surface area contributed by atoms with Crippen LogP contribution in [0.1, 0.15) is 25.7 Å². The summed E-state index contributed by atoms with van der Waals surface area (Å²) in [5.41, 5.74) is 0. The van der Waals surface area contributed by atoms with Gasteiger partial charge < -0.3 is 19.6 Å². The Hall–Kier alpha value is -1.14. The molecule has 0 aliphatic heterocycles. The molecule has 1 aliphatic carbocycles. The molecule has 6 nitrogen and oxygen atoms in total. The summed E-state index contributed by atoms with van der Waals surface area (Å²) in [6.07, 6.45) is 2.69. The Labute approximate surface area is 127 Å². The average Bonchev–Trinajstić information content (AvgIpc) is 2.91. The van der Waals surface area contributed by atoms with Crippen LogP contribution in [0.25, 0.3) is 0 Å². The second kappa shape index (κ2) is 9.00. The first kappa shape index (κ1) is 17.9. The summed E-state index contributed by atoms with van der Waals surface area (Å²) in [6, 6.07) is 0. The minimum atomic E-state index is -0.777. The van der Waals surface area contributed by atoms with E-state index in [4.69, 9.17) is 9.84 Å². The lowest BCUT2D eigenvalue weighted by Gasteiger charge is -2.26. The summed E-state index contributed by atoms with van der Waals surface area (Å²) in [5, 5.41) is 9.04. The second-order valence-corrected chi connectivity index (χ2v) is 6.02. The predicted octanol–water partition coefficient (Wildman–Crippen LogP) is 0.914. The molecule has 1 fully saturated rings. The highest BCUT2D eigenvalue weighted by molar-refractivity contribution is 5.81. The highest BCUT2D eigenvalue weighted by atomic mass is 16.5. The van der Waals surface area contributed by atoms with Crippen molar-refractivity contribution >= 4 is 11.9 Å². The molecule has 1 rings (SSSR count). The van der Waals surface area contributed by atoms with Crippen LogP contribution in [0.3, 0.4) is 0 Å². The van der Waals surface area contributed by atoms with Crippen molar-refractivity contribution in [2.45, 2.75) is 25.7 Å². The van der Waals surface area contributed by atoms with Gasteiger partial charge in [0.1, 0.15) is 0 Å². The smallest absolute Gasteiger partial charge is 0.306 e. The third-order valence-corrected chi connectivity index (χ3v) is 4.04. The molecule has 0 radical (unpaired) electrons. The van der Waals surface area contributed by atoms with E-state index in [0.29, 0.717) is 39.0 Å². The van der Waals surface area contributed by atoms with Crippen molar-refractivity contribution in [3.05, 3.63) is 0 Å². The fraction of sp³-hybridized carbons (Fsp3) is 0.867. The quantitative estimate of drug-likeness (QED) is 0.685. The van der Waals surface area contributed by atoms with Crippen molar-refractivity contribution in [2.24, 2.45) is 11.8 Å². The Morgan fingerprint density at radius 3 is 2.33 bits per heavy atom. The van der Waals surface area contributed by atoms with Crippen LogP contribution in [0.4, 0.5) is 0 Å². The first-order valence-corrected chi connectivity index (χ1v) is 7.61. The molecule has 1 amide bonds. The van der Waals surface area contributed by atoms with E-state index in [0.717, 1.165) is 13.0 Å². The van der Waals surface area contributed by atoms with Crippen molar-refractivity contribution < 1.29 is 19.4 Å². The first-order valence-electron chi connectivity index (χ1n) is 7.61. The maximum atomic E-state index is 12.6. The molecular formula is C15H28N2O4. The average molecular weight is 300 g/mol. The zero-order chi connectivity index (χ0) is 15.8. The number of amides is 1. The van der Waals surface area contributed by atoms with Crippen LogP contribution in [0.2, 0.25) is 0 Å². The molecule has 0 saturated heterocycles. The number of ether oxygens (including phenoxy) is 1. The molecule has 2 atom stereocenters. The second-order valence-electron chi connectivity index (χ2n) is 6.02. The van der Waals surface area contributed by atoms with Crippen molar-refractivity contribution in [2.75, 3.05) is 47.4 Å². The fourth-order valence-electron chi connectivity index (χ4n) is 2.80. The van der Waals surface area contributed by atoms with Crippen LogP contribution in [-0.2, 0) is 14.3 Å². The summed E-state index contributed by atoms with van der Waals surface area (Å²) in [7, 11) is 5.64. The molecule has 1 aliphatic rings. The minimum absolute atomic E-state index is 0.0922. The van der Waals surface area contributed by atoms with Gasteiger partial charge in [0.2, 0.25) is 5.91 Å². The number of carbonyl (C=O) groups is 2. The molecule has 1 N–H and O–H groups in total. The molecular weight excluding hydrogens is 272 g/mol. The Balaban J connectivity index is 2.52.